The zero-order chi connectivity index (χ0) is 19.0. The molecule has 1 aliphatic carbocycles. The minimum absolute atomic E-state index is 0.0455. The van der Waals surface area contributed by atoms with E-state index in [1.54, 1.807) is 6.08 Å². The third-order valence-electron chi connectivity index (χ3n) is 5.25. The van der Waals surface area contributed by atoms with Gasteiger partial charge in [-0.3, -0.25) is 9.59 Å². The standard InChI is InChI=1S/C21H21NO5/c1-21(5-6-26-12-27-21)18-10-15(23)7-14-9-17-13(8-16(14)18)3-2-4-19(17)22-11-20(24)25/h2-4,8-10,22H,5-7,11-12H2,1H3,(H,24,25). The number of hydrogen-bond donors (Lipinski definition) is 2. The lowest BCUT2D eigenvalue weighted by molar-refractivity contribution is -0.161. The predicted octanol–water partition coefficient (Wildman–Crippen LogP) is 3.00. The molecule has 0 aromatic heterocycles. The highest BCUT2D eigenvalue weighted by molar-refractivity contribution is 6.06. The summed E-state index contributed by atoms with van der Waals surface area (Å²) in [5.74, 6) is -0.876. The summed E-state index contributed by atoms with van der Waals surface area (Å²) in [6, 6.07) is 9.79. The van der Waals surface area contributed by atoms with Gasteiger partial charge < -0.3 is 19.9 Å². The molecule has 2 aromatic carbocycles. The van der Waals surface area contributed by atoms with E-state index in [0.29, 0.717) is 19.4 Å². The summed E-state index contributed by atoms with van der Waals surface area (Å²) in [6.45, 7) is 2.65. The molecular weight excluding hydrogens is 346 g/mol. The SMILES string of the molecule is CC1(C2=CC(=O)Cc3cc4c(NCC(=O)O)cccc4cc32)CCOCO1. The second-order valence-corrected chi connectivity index (χ2v) is 7.14. The van der Waals surface area contributed by atoms with Gasteiger partial charge in [-0.05, 0) is 53.3 Å². The molecule has 2 N–H and O–H groups in total. The highest BCUT2D eigenvalue weighted by atomic mass is 16.7. The van der Waals surface area contributed by atoms with Crippen LogP contribution in [0.5, 0.6) is 0 Å². The molecule has 0 saturated carbocycles. The molecule has 0 spiro atoms. The van der Waals surface area contributed by atoms with Crippen LogP contribution in [-0.2, 0) is 25.5 Å². The first-order valence-corrected chi connectivity index (χ1v) is 8.95. The van der Waals surface area contributed by atoms with E-state index in [2.05, 4.69) is 11.4 Å². The maximum Gasteiger partial charge on any atom is 0.322 e. The van der Waals surface area contributed by atoms with Crippen LogP contribution < -0.4 is 5.32 Å². The van der Waals surface area contributed by atoms with Crippen molar-refractivity contribution in [3.63, 3.8) is 0 Å². The largest absolute Gasteiger partial charge is 0.480 e. The van der Waals surface area contributed by atoms with Crippen molar-refractivity contribution < 1.29 is 24.2 Å². The number of rotatable bonds is 4. The van der Waals surface area contributed by atoms with E-state index in [1.165, 1.54) is 0 Å². The van der Waals surface area contributed by atoms with Crippen LogP contribution in [0.4, 0.5) is 5.69 Å². The van der Waals surface area contributed by atoms with Gasteiger partial charge in [0.25, 0.3) is 0 Å². The van der Waals surface area contributed by atoms with E-state index in [0.717, 1.165) is 33.2 Å². The third-order valence-corrected chi connectivity index (χ3v) is 5.25. The number of allylic oxidation sites excluding steroid dienone is 1. The summed E-state index contributed by atoms with van der Waals surface area (Å²) in [6.07, 6.45) is 2.71. The molecule has 1 fully saturated rings. The molecular formula is C21H21NO5. The van der Waals surface area contributed by atoms with Crippen molar-refractivity contribution in [2.45, 2.75) is 25.4 Å². The molecule has 4 rings (SSSR count). The van der Waals surface area contributed by atoms with E-state index >= 15 is 0 Å². The summed E-state index contributed by atoms with van der Waals surface area (Å²) >= 11 is 0. The molecule has 140 valence electrons. The summed E-state index contributed by atoms with van der Waals surface area (Å²) < 4.78 is 11.2. The van der Waals surface area contributed by atoms with E-state index in [-0.39, 0.29) is 19.1 Å². The molecule has 1 saturated heterocycles. The van der Waals surface area contributed by atoms with Gasteiger partial charge in [0, 0.05) is 23.9 Å². The highest BCUT2D eigenvalue weighted by Crippen LogP contribution is 2.41. The summed E-state index contributed by atoms with van der Waals surface area (Å²) in [4.78, 5) is 23.3. The van der Waals surface area contributed by atoms with Crippen LogP contribution in [0.2, 0.25) is 0 Å². The maximum atomic E-state index is 12.4. The molecule has 6 nitrogen and oxygen atoms in total. The number of hydrogen-bond acceptors (Lipinski definition) is 5. The van der Waals surface area contributed by atoms with Gasteiger partial charge in [-0.1, -0.05) is 12.1 Å². The average molecular weight is 367 g/mol. The van der Waals surface area contributed by atoms with Crippen molar-refractivity contribution in [3.05, 3.63) is 47.5 Å². The number of carbonyl (C=O) groups is 2. The number of nitrogens with one attached hydrogen (secondary N) is 1. The summed E-state index contributed by atoms with van der Waals surface area (Å²) in [7, 11) is 0. The average Bonchev–Trinajstić information content (AvgIpc) is 2.64. The van der Waals surface area contributed by atoms with Crippen LogP contribution in [0.15, 0.2) is 36.4 Å². The Morgan fingerprint density at radius 3 is 2.93 bits per heavy atom. The van der Waals surface area contributed by atoms with Crippen molar-refractivity contribution in [1.82, 2.24) is 0 Å². The molecule has 27 heavy (non-hydrogen) atoms. The Hall–Kier alpha value is -2.70. The van der Waals surface area contributed by atoms with Crippen LogP contribution in [0.3, 0.4) is 0 Å². The van der Waals surface area contributed by atoms with Crippen LogP contribution in [0.1, 0.15) is 24.5 Å². The highest BCUT2D eigenvalue weighted by Gasteiger charge is 2.36. The van der Waals surface area contributed by atoms with Gasteiger partial charge in [-0.15, -0.1) is 0 Å². The molecule has 2 aromatic rings. The third kappa shape index (κ3) is 3.34. The lowest BCUT2D eigenvalue weighted by atomic mass is 9.78. The maximum absolute atomic E-state index is 12.4. The topological polar surface area (TPSA) is 84.9 Å². The van der Waals surface area contributed by atoms with Gasteiger partial charge in [-0.25, -0.2) is 0 Å². The number of carboxylic acids is 1. The Morgan fingerprint density at radius 2 is 2.19 bits per heavy atom. The zero-order valence-electron chi connectivity index (χ0n) is 15.1. The first-order chi connectivity index (χ1) is 13.0. The molecule has 2 aliphatic rings. The minimum Gasteiger partial charge on any atom is -0.480 e. The Kier molecular flexibility index (Phi) is 4.45. The minimum atomic E-state index is -0.921. The van der Waals surface area contributed by atoms with Gasteiger partial charge in [-0.2, -0.15) is 0 Å². The number of fused-ring (bicyclic) bond motifs is 2. The molecule has 6 heteroatoms. The van der Waals surface area contributed by atoms with Crippen molar-refractivity contribution >= 4 is 33.8 Å². The van der Waals surface area contributed by atoms with Crippen molar-refractivity contribution in [1.29, 1.82) is 0 Å². The van der Waals surface area contributed by atoms with Gasteiger partial charge >= 0.3 is 5.97 Å². The second-order valence-electron chi connectivity index (χ2n) is 7.14. The molecule has 1 aliphatic heterocycles. The van der Waals surface area contributed by atoms with Gasteiger partial charge in [0.2, 0.25) is 0 Å². The van der Waals surface area contributed by atoms with Gasteiger partial charge in [0.15, 0.2) is 5.78 Å². The predicted molar refractivity (Wildman–Crippen MR) is 102 cm³/mol. The van der Waals surface area contributed by atoms with Gasteiger partial charge in [0.05, 0.1) is 12.2 Å². The van der Waals surface area contributed by atoms with Crippen LogP contribution >= 0.6 is 0 Å². The van der Waals surface area contributed by atoms with Crippen molar-refractivity contribution in [3.8, 4) is 0 Å². The Morgan fingerprint density at radius 1 is 1.33 bits per heavy atom. The lowest BCUT2D eigenvalue weighted by Gasteiger charge is -2.38. The number of ether oxygens (including phenoxy) is 2. The van der Waals surface area contributed by atoms with Crippen LogP contribution in [0.25, 0.3) is 16.3 Å². The number of benzene rings is 2. The molecule has 0 amide bonds. The Bertz CT molecular complexity index is 956. The van der Waals surface area contributed by atoms with Crippen LogP contribution in [0, 0.1) is 0 Å². The molecule has 1 atom stereocenters. The molecule has 0 radical (unpaired) electrons. The normalized spacial score (nSPS) is 22.3. The molecule has 1 heterocycles. The second kappa shape index (κ2) is 6.79. The number of aliphatic carboxylic acids is 1. The zero-order valence-corrected chi connectivity index (χ0v) is 15.1. The molecule has 0 bridgehead atoms. The van der Waals surface area contributed by atoms with Gasteiger partial charge in [0.1, 0.15) is 13.3 Å². The van der Waals surface area contributed by atoms with E-state index in [4.69, 9.17) is 14.6 Å². The first kappa shape index (κ1) is 17.7. The van der Waals surface area contributed by atoms with E-state index in [1.807, 2.05) is 31.2 Å². The van der Waals surface area contributed by atoms with Crippen molar-refractivity contribution in [2.75, 3.05) is 25.3 Å². The number of carboxylic acid groups (broad SMARTS) is 1. The number of carbonyl (C=O) groups excluding carboxylic acids is 1. The summed E-state index contributed by atoms with van der Waals surface area (Å²) in [5.41, 5.74) is 3.03. The molecule has 1 unspecified atom stereocenters. The Labute approximate surface area is 156 Å². The number of ketones is 1. The van der Waals surface area contributed by atoms with E-state index in [9.17, 15) is 9.59 Å². The van der Waals surface area contributed by atoms with Crippen molar-refractivity contribution in [2.24, 2.45) is 0 Å². The van der Waals surface area contributed by atoms with Crippen LogP contribution in [-0.4, -0.2) is 42.4 Å². The monoisotopic (exact) mass is 367 g/mol. The summed E-state index contributed by atoms with van der Waals surface area (Å²) in [5, 5.41) is 13.8. The Balaban J connectivity index is 1.81. The lowest BCUT2D eigenvalue weighted by Crippen LogP contribution is -2.38. The fraction of sp³-hybridized carbons (Fsp3) is 0.333. The smallest absolute Gasteiger partial charge is 0.322 e. The quantitative estimate of drug-likeness (QED) is 0.864. The fourth-order valence-corrected chi connectivity index (χ4v) is 3.79. The van der Waals surface area contributed by atoms with E-state index < -0.39 is 11.6 Å². The fourth-order valence-electron chi connectivity index (χ4n) is 3.79. The first-order valence-electron chi connectivity index (χ1n) is 8.95. The number of anilines is 1.